The van der Waals surface area contributed by atoms with Gasteiger partial charge in [-0.2, -0.15) is 4.98 Å². The number of likely N-dealkylation sites (tertiary alicyclic amines) is 1. The number of nitrogens with one attached hydrogen (secondary N) is 1. The Kier molecular flexibility index (Phi) is 4.97. The lowest BCUT2D eigenvalue weighted by molar-refractivity contribution is -0.126. The number of pyridine rings is 1. The molecule has 0 aromatic carbocycles. The van der Waals surface area contributed by atoms with Crippen LogP contribution >= 0.6 is 0 Å². The van der Waals surface area contributed by atoms with Crippen LogP contribution in [0, 0.1) is 5.92 Å². The molecule has 0 bridgehead atoms. The van der Waals surface area contributed by atoms with Crippen LogP contribution in [0.5, 0.6) is 0 Å². The van der Waals surface area contributed by atoms with E-state index in [1.807, 2.05) is 19.2 Å². The van der Waals surface area contributed by atoms with Crippen molar-refractivity contribution >= 4 is 5.91 Å². The van der Waals surface area contributed by atoms with Crippen molar-refractivity contribution in [3.05, 3.63) is 30.4 Å². The second-order valence-electron chi connectivity index (χ2n) is 7.42. The Morgan fingerprint density at radius 1 is 1.23 bits per heavy atom. The lowest BCUT2D eigenvalue weighted by atomic mass is 9.88. The number of aromatic nitrogens is 3. The van der Waals surface area contributed by atoms with Gasteiger partial charge in [-0.05, 0) is 38.4 Å². The Morgan fingerprint density at radius 2 is 2.00 bits per heavy atom. The maximum atomic E-state index is 12.5. The average molecular weight is 355 g/mol. The normalized spacial score (nSPS) is 24.7. The molecule has 7 heteroatoms. The van der Waals surface area contributed by atoms with Crippen LogP contribution in [-0.4, -0.2) is 45.6 Å². The molecule has 0 radical (unpaired) electrons. The molecule has 4 rings (SSSR count). The van der Waals surface area contributed by atoms with Crippen molar-refractivity contribution < 1.29 is 9.32 Å². The van der Waals surface area contributed by atoms with Crippen molar-refractivity contribution in [3.63, 3.8) is 0 Å². The first-order valence-electron chi connectivity index (χ1n) is 9.45. The number of nitrogens with zero attached hydrogens (tertiary/aromatic N) is 4. The standard InChI is InChI=1S/C19H25N5O2/c1-24-12-15(21-18(25)14-5-3-2-4-6-14)11-16(24)19-22-17(23-26-19)13-7-9-20-10-8-13/h7-10,14-16H,2-6,11-12H2,1H3,(H,21,25). The Hall–Kier alpha value is -2.28. The highest BCUT2D eigenvalue weighted by Crippen LogP contribution is 2.31. The Labute approximate surface area is 153 Å². The van der Waals surface area contributed by atoms with Crippen molar-refractivity contribution in [2.24, 2.45) is 5.92 Å². The molecule has 1 saturated heterocycles. The van der Waals surface area contributed by atoms with Crippen LogP contribution in [0.1, 0.15) is 50.5 Å². The third-order valence-corrected chi connectivity index (χ3v) is 5.54. The molecule has 2 aromatic rings. The van der Waals surface area contributed by atoms with Gasteiger partial charge in [-0.3, -0.25) is 14.7 Å². The predicted octanol–water partition coefficient (Wildman–Crippen LogP) is 2.57. The number of amides is 1. The fraction of sp³-hybridized carbons (Fsp3) is 0.579. The molecular formula is C19H25N5O2. The number of carbonyl (C=O) groups is 1. The van der Waals surface area contributed by atoms with Crippen molar-refractivity contribution in [2.75, 3.05) is 13.6 Å². The van der Waals surface area contributed by atoms with E-state index in [-0.39, 0.29) is 23.9 Å². The van der Waals surface area contributed by atoms with E-state index in [0.29, 0.717) is 11.7 Å². The summed E-state index contributed by atoms with van der Waals surface area (Å²) in [4.78, 5) is 23.2. The fourth-order valence-electron chi connectivity index (χ4n) is 4.07. The molecular weight excluding hydrogens is 330 g/mol. The molecule has 26 heavy (non-hydrogen) atoms. The van der Waals surface area contributed by atoms with Gasteiger partial charge in [-0.1, -0.05) is 24.4 Å². The minimum atomic E-state index is 0.0368. The van der Waals surface area contributed by atoms with Crippen LogP contribution < -0.4 is 5.32 Å². The molecule has 1 N–H and O–H groups in total. The van der Waals surface area contributed by atoms with E-state index >= 15 is 0 Å². The van der Waals surface area contributed by atoms with Crippen molar-refractivity contribution in [1.29, 1.82) is 0 Å². The molecule has 2 unspecified atom stereocenters. The summed E-state index contributed by atoms with van der Waals surface area (Å²) in [5.74, 6) is 1.58. The first kappa shape index (κ1) is 17.1. The Morgan fingerprint density at radius 3 is 2.77 bits per heavy atom. The number of hydrogen-bond acceptors (Lipinski definition) is 6. The van der Waals surface area contributed by atoms with Gasteiger partial charge >= 0.3 is 0 Å². The predicted molar refractivity (Wildman–Crippen MR) is 96.0 cm³/mol. The fourth-order valence-corrected chi connectivity index (χ4v) is 4.07. The van der Waals surface area contributed by atoms with E-state index in [1.54, 1.807) is 12.4 Å². The zero-order valence-corrected chi connectivity index (χ0v) is 15.1. The van der Waals surface area contributed by atoms with E-state index in [1.165, 1.54) is 19.3 Å². The van der Waals surface area contributed by atoms with E-state index in [0.717, 1.165) is 31.4 Å². The van der Waals surface area contributed by atoms with Gasteiger partial charge in [-0.15, -0.1) is 0 Å². The molecule has 3 heterocycles. The summed E-state index contributed by atoms with van der Waals surface area (Å²) in [7, 11) is 2.04. The van der Waals surface area contributed by atoms with Gasteiger partial charge < -0.3 is 9.84 Å². The van der Waals surface area contributed by atoms with Gasteiger partial charge in [-0.25, -0.2) is 0 Å². The highest BCUT2D eigenvalue weighted by atomic mass is 16.5. The Bertz CT molecular complexity index is 741. The second kappa shape index (κ2) is 7.53. The smallest absolute Gasteiger partial charge is 0.244 e. The molecule has 7 nitrogen and oxygen atoms in total. The lowest BCUT2D eigenvalue weighted by Crippen LogP contribution is -2.40. The molecule has 138 valence electrons. The summed E-state index contributed by atoms with van der Waals surface area (Å²) in [5, 5.41) is 7.34. The number of hydrogen-bond donors (Lipinski definition) is 1. The largest absolute Gasteiger partial charge is 0.352 e. The van der Waals surface area contributed by atoms with Gasteiger partial charge in [0.25, 0.3) is 0 Å². The average Bonchev–Trinajstić information content (AvgIpc) is 3.30. The number of likely N-dealkylation sites (N-methyl/N-ethyl adjacent to an activating group) is 1. The minimum absolute atomic E-state index is 0.0368. The summed E-state index contributed by atoms with van der Waals surface area (Å²) >= 11 is 0. The van der Waals surface area contributed by atoms with E-state index in [4.69, 9.17) is 4.52 Å². The molecule has 0 spiro atoms. The van der Waals surface area contributed by atoms with Gasteiger partial charge in [0.05, 0.1) is 6.04 Å². The van der Waals surface area contributed by atoms with E-state index in [2.05, 4.69) is 25.3 Å². The van der Waals surface area contributed by atoms with Crippen LogP contribution in [-0.2, 0) is 4.79 Å². The zero-order valence-electron chi connectivity index (χ0n) is 15.1. The third-order valence-electron chi connectivity index (χ3n) is 5.54. The van der Waals surface area contributed by atoms with Gasteiger partial charge in [0.2, 0.25) is 17.6 Å². The molecule has 2 atom stereocenters. The quantitative estimate of drug-likeness (QED) is 0.907. The van der Waals surface area contributed by atoms with Crippen LogP contribution in [0.3, 0.4) is 0 Å². The molecule has 1 amide bonds. The third kappa shape index (κ3) is 3.62. The number of carbonyl (C=O) groups excluding carboxylic acids is 1. The lowest BCUT2D eigenvalue weighted by Gasteiger charge is -2.22. The van der Waals surface area contributed by atoms with Crippen LogP contribution in [0.4, 0.5) is 0 Å². The van der Waals surface area contributed by atoms with Crippen LogP contribution in [0.15, 0.2) is 29.0 Å². The molecule has 2 aromatic heterocycles. The summed E-state index contributed by atoms with van der Waals surface area (Å²) in [6.07, 6.45) is 9.87. The molecule has 1 aliphatic carbocycles. The topological polar surface area (TPSA) is 84.2 Å². The molecule has 2 aliphatic rings. The zero-order chi connectivity index (χ0) is 17.9. The van der Waals surface area contributed by atoms with Crippen molar-refractivity contribution in [3.8, 4) is 11.4 Å². The maximum absolute atomic E-state index is 12.5. The summed E-state index contributed by atoms with van der Waals surface area (Å²) in [5.41, 5.74) is 0.887. The van der Waals surface area contributed by atoms with Gasteiger partial charge in [0, 0.05) is 36.5 Å². The monoisotopic (exact) mass is 355 g/mol. The molecule has 1 saturated carbocycles. The first-order chi connectivity index (χ1) is 12.7. The summed E-state index contributed by atoms with van der Waals surface area (Å²) in [6.45, 7) is 0.802. The number of rotatable bonds is 4. The summed E-state index contributed by atoms with van der Waals surface area (Å²) < 4.78 is 5.51. The van der Waals surface area contributed by atoms with E-state index in [9.17, 15) is 4.79 Å². The Balaban J connectivity index is 1.39. The molecule has 1 aliphatic heterocycles. The van der Waals surface area contributed by atoms with Crippen LogP contribution in [0.2, 0.25) is 0 Å². The SMILES string of the molecule is CN1CC(NC(=O)C2CCCCC2)CC1c1nc(-c2ccncc2)no1. The maximum Gasteiger partial charge on any atom is 0.244 e. The minimum Gasteiger partial charge on any atom is -0.352 e. The van der Waals surface area contributed by atoms with Crippen molar-refractivity contribution in [2.45, 2.75) is 50.6 Å². The van der Waals surface area contributed by atoms with Crippen LogP contribution in [0.25, 0.3) is 11.4 Å². The first-order valence-corrected chi connectivity index (χ1v) is 9.45. The summed E-state index contributed by atoms with van der Waals surface area (Å²) in [6, 6.07) is 3.89. The van der Waals surface area contributed by atoms with Gasteiger partial charge in [0.15, 0.2) is 0 Å². The highest BCUT2D eigenvalue weighted by Gasteiger charge is 2.36. The second-order valence-corrected chi connectivity index (χ2v) is 7.42. The van der Waals surface area contributed by atoms with Crippen molar-refractivity contribution in [1.82, 2.24) is 25.3 Å². The molecule has 2 fully saturated rings. The highest BCUT2D eigenvalue weighted by molar-refractivity contribution is 5.79. The van der Waals surface area contributed by atoms with E-state index < -0.39 is 0 Å². The van der Waals surface area contributed by atoms with Gasteiger partial charge in [0.1, 0.15) is 0 Å².